The van der Waals surface area contributed by atoms with E-state index >= 15 is 0 Å². The van der Waals surface area contributed by atoms with Gasteiger partial charge in [0.25, 0.3) is 0 Å². The van der Waals surface area contributed by atoms with E-state index in [1.54, 1.807) is 28.8 Å². The van der Waals surface area contributed by atoms with Gasteiger partial charge in [-0.2, -0.15) is 0 Å². The summed E-state index contributed by atoms with van der Waals surface area (Å²) in [5.41, 5.74) is 1.01. The molecular weight excluding hydrogens is 255 g/mol. The molecule has 0 aliphatic rings. The quantitative estimate of drug-likeness (QED) is 0.729. The highest BCUT2D eigenvalue weighted by Crippen LogP contribution is 2.31. The summed E-state index contributed by atoms with van der Waals surface area (Å²) in [4.78, 5) is 4.16. The van der Waals surface area contributed by atoms with Crippen LogP contribution in [0.2, 0.25) is 5.15 Å². The Morgan fingerprint density at radius 3 is 2.83 bits per heavy atom. The van der Waals surface area contributed by atoms with Crippen molar-refractivity contribution in [3.05, 3.63) is 53.6 Å². The highest BCUT2D eigenvalue weighted by molar-refractivity contribution is 6.33. The van der Waals surface area contributed by atoms with Gasteiger partial charge in [0.05, 0.1) is 0 Å². The van der Waals surface area contributed by atoms with Crippen LogP contribution in [-0.2, 0) is 0 Å². The van der Waals surface area contributed by atoms with Crippen LogP contribution >= 0.6 is 11.6 Å². The zero-order valence-electron chi connectivity index (χ0n) is 9.14. The third kappa shape index (κ3) is 1.62. The number of halogens is 2. The van der Waals surface area contributed by atoms with Crippen LogP contribution in [-0.4, -0.2) is 14.5 Å². The van der Waals surface area contributed by atoms with Gasteiger partial charge in [-0.05, 0) is 24.3 Å². The Morgan fingerprint density at radius 2 is 2.06 bits per heavy atom. The maximum absolute atomic E-state index is 13.2. The monoisotopic (exact) mass is 262 g/mol. The lowest BCUT2D eigenvalue weighted by Gasteiger charge is -2.02. The molecule has 0 saturated heterocycles. The summed E-state index contributed by atoms with van der Waals surface area (Å²) in [6.45, 7) is 0. The molecule has 1 aromatic carbocycles. The summed E-state index contributed by atoms with van der Waals surface area (Å²) < 4.78 is 14.9. The Kier molecular flexibility index (Phi) is 2.45. The molecule has 3 nitrogen and oxygen atoms in total. The van der Waals surface area contributed by atoms with Crippen molar-refractivity contribution in [1.82, 2.24) is 9.38 Å². The Hall–Kier alpha value is -2.07. The van der Waals surface area contributed by atoms with E-state index < -0.39 is 0 Å². The van der Waals surface area contributed by atoms with E-state index in [1.807, 2.05) is 0 Å². The molecule has 0 aliphatic carbocycles. The molecule has 5 heteroatoms. The number of imidazole rings is 1. The van der Waals surface area contributed by atoms with E-state index in [1.165, 1.54) is 18.2 Å². The van der Waals surface area contributed by atoms with Gasteiger partial charge in [-0.1, -0.05) is 23.7 Å². The van der Waals surface area contributed by atoms with Crippen molar-refractivity contribution in [1.29, 1.82) is 0 Å². The van der Waals surface area contributed by atoms with Gasteiger partial charge >= 0.3 is 0 Å². The second-order valence-electron chi connectivity index (χ2n) is 3.85. The summed E-state index contributed by atoms with van der Waals surface area (Å²) in [6.07, 6.45) is 1.72. The first-order chi connectivity index (χ1) is 8.66. The second kappa shape index (κ2) is 3.99. The van der Waals surface area contributed by atoms with Gasteiger partial charge in [0, 0.05) is 11.8 Å². The first kappa shape index (κ1) is 11.0. The van der Waals surface area contributed by atoms with Gasteiger partial charge in [-0.25, -0.2) is 9.37 Å². The van der Waals surface area contributed by atoms with Crippen molar-refractivity contribution in [2.24, 2.45) is 0 Å². The average molecular weight is 263 g/mol. The van der Waals surface area contributed by atoms with Gasteiger partial charge in [-0.3, -0.25) is 4.40 Å². The molecule has 1 N–H and O–H groups in total. The summed E-state index contributed by atoms with van der Waals surface area (Å²) in [7, 11) is 0. The molecule has 3 rings (SSSR count). The Bertz CT molecular complexity index is 739. The van der Waals surface area contributed by atoms with Gasteiger partial charge in [0.1, 0.15) is 22.9 Å². The van der Waals surface area contributed by atoms with Gasteiger partial charge < -0.3 is 5.11 Å². The van der Waals surface area contributed by atoms with Crippen LogP contribution in [0.15, 0.2) is 42.6 Å². The first-order valence-corrected chi connectivity index (χ1v) is 5.66. The van der Waals surface area contributed by atoms with Crippen LogP contribution in [0.25, 0.3) is 16.9 Å². The number of pyridine rings is 1. The number of benzene rings is 1. The minimum atomic E-state index is -0.347. The lowest BCUT2D eigenvalue weighted by atomic mass is 10.2. The number of rotatable bonds is 1. The van der Waals surface area contributed by atoms with E-state index in [2.05, 4.69) is 4.98 Å². The van der Waals surface area contributed by atoms with Crippen molar-refractivity contribution >= 4 is 17.1 Å². The summed E-state index contributed by atoms with van der Waals surface area (Å²) in [5, 5.41) is 9.93. The molecule has 0 aliphatic heterocycles. The summed E-state index contributed by atoms with van der Waals surface area (Å²) >= 11 is 5.99. The van der Waals surface area contributed by atoms with Crippen molar-refractivity contribution in [2.75, 3.05) is 0 Å². The lowest BCUT2D eigenvalue weighted by molar-refractivity contribution is 0.479. The zero-order chi connectivity index (χ0) is 12.7. The molecule has 3 aromatic rings. The van der Waals surface area contributed by atoms with Crippen LogP contribution in [0.1, 0.15) is 0 Å². The number of hydrogen-bond donors (Lipinski definition) is 1. The smallest absolute Gasteiger partial charge is 0.159 e. The topological polar surface area (TPSA) is 37.5 Å². The predicted octanol–water partition coefficient (Wildman–Crippen LogP) is 3.50. The molecule has 0 bridgehead atoms. The first-order valence-electron chi connectivity index (χ1n) is 5.28. The highest BCUT2D eigenvalue weighted by atomic mass is 35.5. The van der Waals surface area contributed by atoms with Gasteiger partial charge in [0.2, 0.25) is 0 Å². The van der Waals surface area contributed by atoms with Gasteiger partial charge in [0.15, 0.2) is 5.15 Å². The standard InChI is InChI=1S/C13H8ClFN2O/c14-12-11-10(18)5-2-6-17(11)13(16-12)8-3-1-4-9(15)7-8/h1-7,18H. The van der Waals surface area contributed by atoms with Crippen molar-refractivity contribution in [2.45, 2.75) is 0 Å². The minimum absolute atomic E-state index is 0.0395. The van der Waals surface area contributed by atoms with E-state index in [0.29, 0.717) is 16.9 Å². The molecule has 0 atom stereocenters. The van der Waals surface area contributed by atoms with E-state index in [0.717, 1.165) is 0 Å². The SMILES string of the molecule is Oc1cccn2c(-c3cccc(F)c3)nc(Cl)c12. The second-order valence-corrected chi connectivity index (χ2v) is 4.21. The molecule has 2 heterocycles. The highest BCUT2D eigenvalue weighted by Gasteiger charge is 2.14. The molecule has 0 unspecified atom stereocenters. The minimum Gasteiger partial charge on any atom is -0.506 e. The molecule has 2 aromatic heterocycles. The fourth-order valence-corrected chi connectivity index (χ4v) is 2.18. The number of hydrogen-bond acceptors (Lipinski definition) is 2. The summed E-state index contributed by atoms with van der Waals surface area (Å²) in [6, 6.07) is 9.26. The summed E-state index contributed by atoms with van der Waals surface area (Å²) in [5.74, 6) is 0.184. The van der Waals surface area contributed by atoms with E-state index in [4.69, 9.17) is 11.6 Å². The lowest BCUT2D eigenvalue weighted by Crippen LogP contribution is -1.89. The van der Waals surface area contributed by atoms with Crippen LogP contribution in [0.3, 0.4) is 0 Å². The third-order valence-corrected chi connectivity index (χ3v) is 2.95. The molecular formula is C13H8ClFN2O. The average Bonchev–Trinajstić information content (AvgIpc) is 2.68. The number of aromatic hydroxyl groups is 1. The number of nitrogens with zero attached hydrogens (tertiary/aromatic N) is 2. The maximum atomic E-state index is 13.2. The van der Waals surface area contributed by atoms with E-state index in [9.17, 15) is 9.50 Å². The Balaban J connectivity index is 2.34. The fourth-order valence-electron chi connectivity index (χ4n) is 1.91. The fraction of sp³-hybridized carbons (Fsp3) is 0. The van der Waals surface area contributed by atoms with Crippen LogP contribution in [0.5, 0.6) is 5.75 Å². The maximum Gasteiger partial charge on any atom is 0.159 e. The van der Waals surface area contributed by atoms with Crippen molar-refractivity contribution in [3.63, 3.8) is 0 Å². The largest absolute Gasteiger partial charge is 0.506 e. The number of fused-ring (bicyclic) bond motifs is 1. The van der Waals surface area contributed by atoms with E-state index in [-0.39, 0.29) is 16.7 Å². The van der Waals surface area contributed by atoms with Crippen LogP contribution in [0.4, 0.5) is 4.39 Å². The molecule has 0 saturated carbocycles. The van der Waals surface area contributed by atoms with Crippen LogP contribution in [0, 0.1) is 5.82 Å². The normalized spacial score (nSPS) is 11.0. The van der Waals surface area contributed by atoms with Crippen molar-refractivity contribution in [3.8, 4) is 17.1 Å². The molecule has 90 valence electrons. The Morgan fingerprint density at radius 1 is 1.22 bits per heavy atom. The molecule has 0 fully saturated rings. The zero-order valence-corrected chi connectivity index (χ0v) is 9.89. The Labute approximate surface area is 107 Å². The van der Waals surface area contributed by atoms with Crippen molar-refractivity contribution < 1.29 is 9.50 Å². The molecule has 0 spiro atoms. The van der Waals surface area contributed by atoms with Crippen LogP contribution < -0.4 is 0 Å². The number of aromatic nitrogens is 2. The predicted molar refractivity (Wildman–Crippen MR) is 67.3 cm³/mol. The van der Waals surface area contributed by atoms with Gasteiger partial charge in [-0.15, -0.1) is 0 Å². The third-order valence-electron chi connectivity index (χ3n) is 2.68. The molecule has 0 radical (unpaired) electrons. The molecule has 0 amide bonds. The molecule has 18 heavy (non-hydrogen) atoms.